The van der Waals surface area contributed by atoms with Gasteiger partial charge in [-0.15, -0.1) is 4.40 Å². The minimum Gasteiger partial charge on any atom is -0.369 e. The van der Waals surface area contributed by atoms with Crippen molar-refractivity contribution in [1.29, 1.82) is 0 Å². The molecular weight excluding hydrogens is 532 g/mol. The fourth-order valence-corrected chi connectivity index (χ4v) is 5.05. The van der Waals surface area contributed by atoms with Gasteiger partial charge in [-0.2, -0.15) is 8.42 Å². The fourth-order valence-electron chi connectivity index (χ4n) is 3.28. The molecule has 3 amide bonds. The molecule has 0 aliphatic rings. The molecule has 3 aromatic rings. The molecule has 38 heavy (non-hydrogen) atoms. The first-order valence-corrected chi connectivity index (χ1v) is 14.0. The lowest BCUT2D eigenvalue weighted by Gasteiger charge is -2.19. The molecule has 0 fully saturated rings. The summed E-state index contributed by atoms with van der Waals surface area (Å²) in [5.74, 6) is -1.29. The maximum absolute atomic E-state index is 13.1. The zero-order chi connectivity index (χ0) is 27.9. The van der Waals surface area contributed by atoms with Gasteiger partial charge in [0.05, 0.1) is 9.79 Å². The predicted molar refractivity (Wildman–Crippen MR) is 142 cm³/mol. The molecule has 0 aromatic heterocycles. The largest absolute Gasteiger partial charge is 0.369 e. The second-order valence-corrected chi connectivity index (χ2v) is 11.4. The van der Waals surface area contributed by atoms with Gasteiger partial charge in [-0.05, 0) is 48.9 Å². The first-order chi connectivity index (χ1) is 17.9. The van der Waals surface area contributed by atoms with E-state index in [-0.39, 0.29) is 21.9 Å². The van der Waals surface area contributed by atoms with Crippen LogP contribution in [0.15, 0.2) is 93.1 Å². The first kappa shape index (κ1) is 28.1. The van der Waals surface area contributed by atoms with Crippen LogP contribution in [0.4, 0.5) is 10.5 Å². The normalized spacial score (nSPS) is 12.1. The highest BCUT2D eigenvalue weighted by molar-refractivity contribution is 7.90. The third-order valence-electron chi connectivity index (χ3n) is 5.11. The van der Waals surface area contributed by atoms with Gasteiger partial charge in [-0.1, -0.05) is 48.0 Å². The molecule has 14 heteroatoms. The first-order valence-electron chi connectivity index (χ1n) is 11.1. The molecule has 200 valence electrons. The fraction of sp³-hybridized carbons (Fsp3) is 0.125. The monoisotopic (exact) mass is 558 g/mol. The number of nitrogens with zero attached hydrogens (tertiary/aromatic N) is 1. The molecule has 0 saturated carbocycles. The van der Waals surface area contributed by atoms with Gasteiger partial charge in [0.2, 0.25) is 11.9 Å². The summed E-state index contributed by atoms with van der Waals surface area (Å²) >= 11 is 0. The third-order valence-corrected chi connectivity index (χ3v) is 7.77. The summed E-state index contributed by atoms with van der Waals surface area (Å²) in [6.45, 7) is 1.79. The van der Waals surface area contributed by atoms with Crippen molar-refractivity contribution >= 4 is 43.6 Å². The number of urea groups is 1. The van der Waals surface area contributed by atoms with Gasteiger partial charge < -0.3 is 22.1 Å². The SMILES string of the molecule is Cc1ccc(S(=O)(=O)NC(=O)N[C@H](Cc2ccccc2)C(=O)Nc2ccc(S(=O)(=O)N=C(N)N)cc2)cc1. The lowest BCUT2D eigenvalue weighted by atomic mass is 10.1. The number of nitrogens with two attached hydrogens (primary N) is 2. The zero-order valence-electron chi connectivity index (χ0n) is 20.2. The Bertz CT molecular complexity index is 1540. The van der Waals surface area contributed by atoms with Crippen molar-refractivity contribution in [2.75, 3.05) is 5.32 Å². The van der Waals surface area contributed by atoms with E-state index in [1.54, 1.807) is 49.4 Å². The molecule has 0 bridgehead atoms. The number of hydrogen-bond acceptors (Lipinski definition) is 6. The van der Waals surface area contributed by atoms with Crippen molar-refractivity contribution in [2.45, 2.75) is 29.2 Å². The molecule has 0 aliphatic heterocycles. The van der Waals surface area contributed by atoms with Crippen LogP contribution in [0.1, 0.15) is 11.1 Å². The van der Waals surface area contributed by atoms with Crippen molar-refractivity contribution in [3.05, 3.63) is 90.0 Å². The van der Waals surface area contributed by atoms with Gasteiger partial charge in [0, 0.05) is 12.1 Å². The summed E-state index contributed by atoms with van der Waals surface area (Å²) in [7, 11) is -8.30. The van der Waals surface area contributed by atoms with E-state index in [1.807, 2.05) is 4.72 Å². The zero-order valence-corrected chi connectivity index (χ0v) is 21.8. The molecule has 0 radical (unpaired) electrons. The minimum absolute atomic E-state index is 0.0433. The molecule has 0 aliphatic carbocycles. The highest BCUT2D eigenvalue weighted by atomic mass is 32.2. The Morgan fingerprint density at radius 2 is 1.42 bits per heavy atom. The Morgan fingerprint density at radius 1 is 0.842 bits per heavy atom. The van der Waals surface area contributed by atoms with Crippen molar-refractivity contribution in [3.8, 4) is 0 Å². The van der Waals surface area contributed by atoms with E-state index in [2.05, 4.69) is 15.0 Å². The molecule has 7 N–H and O–H groups in total. The number of rotatable bonds is 9. The second-order valence-electron chi connectivity index (χ2n) is 8.14. The average Bonchev–Trinajstić information content (AvgIpc) is 2.84. The van der Waals surface area contributed by atoms with E-state index < -0.39 is 44.0 Å². The lowest BCUT2D eigenvalue weighted by Crippen LogP contribution is -2.50. The van der Waals surface area contributed by atoms with Crippen LogP contribution in [0.25, 0.3) is 0 Å². The summed E-state index contributed by atoms with van der Waals surface area (Å²) in [6, 6.07) is 17.4. The third kappa shape index (κ3) is 7.78. The van der Waals surface area contributed by atoms with Crippen LogP contribution < -0.4 is 26.8 Å². The van der Waals surface area contributed by atoms with Crippen molar-refractivity contribution < 1.29 is 26.4 Å². The van der Waals surface area contributed by atoms with Crippen LogP contribution in [-0.4, -0.2) is 40.8 Å². The van der Waals surface area contributed by atoms with Crippen LogP contribution in [-0.2, 0) is 31.3 Å². The number of amides is 3. The lowest BCUT2D eigenvalue weighted by molar-refractivity contribution is -0.117. The van der Waals surface area contributed by atoms with Crippen LogP contribution in [0.2, 0.25) is 0 Å². The van der Waals surface area contributed by atoms with Gasteiger partial charge in [0.25, 0.3) is 20.0 Å². The van der Waals surface area contributed by atoms with Crippen LogP contribution in [0, 0.1) is 6.92 Å². The highest BCUT2D eigenvalue weighted by Crippen LogP contribution is 2.17. The number of hydrogen-bond donors (Lipinski definition) is 5. The predicted octanol–water partition coefficient (Wildman–Crippen LogP) is 1.20. The van der Waals surface area contributed by atoms with Gasteiger partial charge >= 0.3 is 6.03 Å². The van der Waals surface area contributed by atoms with Crippen LogP contribution in [0.3, 0.4) is 0 Å². The van der Waals surface area contributed by atoms with Crippen molar-refractivity contribution in [2.24, 2.45) is 15.9 Å². The molecule has 0 spiro atoms. The van der Waals surface area contributed by atoms with E-state index in [0.29, 0.717) is 5.56 Å². The number of aryl methyl sites for hydroxylation is 1. The maximum Gasteiger partial charge on any atom is 0.329 e. The Balaban J connectivity index is 1.77. The van der Waals surface area contributed by atoms with E-state index in [9.17, 15) is 26.4 Å². The number of guanidine groups is 1. The van der Waals surface area contributed by atoms with Crippen LogP contribution >= 0.6 is 0 Å². The number of carbonyl (C=O) groups excluding carboxylic acids is 2. The summed E-state index contributed by atoms with van der Waals surface area (Å²) in [5.41, 5.74) is 12.0. The topological polar surface area (TPSA) is 203 Å². The van der Waals surface area contributed by atoms with E-state index >= 15 is 0 Å². The van der Waals surface area contributed by atoms with Crippen molar-refractivity contribution in [1.82, 2.24) is 10.0 Å². The molecule has 0 saturated heterocycles. The Kier molecular flexibility index (Phi) is 8.70. The quantitative estimate of drug-likeness (QED) is 0.190. The number of sulfonamides is 2. The Hall–Kier alpha value is -4.43. The number of carbonyl (C=O) groups is 2. The van der Waals surface area contributed by atoms with Crippen LogP contribution in [0.5, 0.6) is 0 Å². The molecular formula is C24H26N6O6S2. The summed E-state index contributed by atoms with van der Waals surface area (Å²) in [6.07, 6.45) is 0.0433. The second kappa shape index (κ2) is 11.7. The van der Waals surface area contributed by atoms with Gasteiger partial charge in [0.1, 0.15) is 6.04 Å². The molecule has 3 aromatic carbocycles. The minimum atomic E-state index is -4.19. The Morgan fingerprint density at radius 3 is 2.00 bits per heavy atom. The van der Waals surface area contributed by atoms with Gasteiger partial charge in [-0.25, -0.2) is 17.9 Å². The van der Waals surface area contributed by atoms with Gasteiger partial charge in [0.15, 0.2) is 0 Å². The number of anilines is 1. The van der Waals surface area contributed by atoms with E-state index in [0.717, 1.165) is 5.56 Å². The maximum atomic E-state index is 13.1. The molecule has 12 nitrogen and oxygen atoms in total. The number of benzene rings is 3. The standard InChI is InChI=1S/C24H26N6O6S2/c1-16-7-11-19(12-8-16)38(35,36)30-24(32)28-21(15-17-5-3-2-4-6-17)22(31)27-18-9-13-20(14-10-18)37(33,34)29-23(25)26/h2-14,21H,15H2,1H3,(H,27,31)(H4,25,26,29)(H2,28,30,32)/t21-/m1/s1. The summed E-state index contributed by atoms with van der Waals surface area (Å²) in [4.78, 5) is 25.4. The highest BCUT2D eigenvalue weighted by Gasteiger charge is 2.25. The molecule has 0 unspecified atom stereocenters. The Labute approximate surface area is 220 Å². The molecule has 0 heterocycles. The number of nitrogens with one attached hydrogen (secondary N) is 3. The summed E-state index contributed by atoms with van der Waals surface area (Å²) < 4.78 is 54.5. The van der Waals surface area contributed by atoms with E-state index in [1.165, 1.54) is 36.4 Å². The summed E-state index contributed by atoms with van der Waals surface area (Å²) in [5, 5.41) is 4.97. The smallest absolute Gasteiger partial charge is 0.329 e. The van der Waals surface area contributed by atoms with Crippen molar-refractivity contribution in [3.63, 3.8) is 0 Å². The molecule has 1 atom stereocenters. The molecule has 3 rings (SSSR count). The van der Waals surface area contributed by atoms with Gasteiger partial charge in [-0.3, -0.25) is 4.79 Å². The average molecular weight is 559 g/mol. The van der Waals surface area contributed by atoms with E-state index in [4.69, 9.17) is 11.5 Å².